The first-order chi connectivity index (χ1) is 7.70. The molecular weight excluding hydrogens is 204 g/mol. The zero-order valence-corrected chi connectivity index (χ0v) is 10.4. The third kappa shape index (κ3) is 5.47. The maximum atomic E-state index is 11.8. The SMILES string of the molecule is CC(C)OCCNC(=O)C1CCCCCN1. The smallest absolute Gasteiger partial charge is 0.237 e. The van der Waals surface area contributed by atoms with Crippen molar-refractivity contribution in [2.75, 3.05) is 19.7 Å². The molecule has 0 saturated carbocycles. The molecule has 1 unspecified atom stereocenters. The van der Waals surface area contributed by atoms with Crippen LogP contribution in [0.1, 0.15) is 39.5 Å². The molecule has 0 aromatic carbocycles. The molecule has 0 aliphatic carbocycles. The predicted molar refractivity (Wildman–Crippen MR) is 64.4 cm³/mol. The average Bonchev–Trinajstić information content (AvgIpc) is 2.52. The van der Waals surface area contributed by atoms with Crippen molar-refractivity contribution in [2.45, 2.75) is 51.7 Å². The zero-order valence-electron chi connectivity index (χ0n) is 10.4. The molecule has 0 aromatic heterocycles. The van der Waals surface area contributed by atoms with E-state index in [0.29, 0.717) is 13.2 Å². The van der Waals surface area contributed by atoms with Crippen molar-refractivity contribution >= 4 is 5.91 Å². The number of amides is 1. The summed E-state index contributed by atoms with van der Waals surface area (Å²) in [5.41, 5.74) is 0. The summed E-state index contributed by atoms with van der Waals surface area (Å²) < 4.78 is 5.37. The van der Waals surface area contributed by atoms with Crippen molar-refractivity contribution in [3.8, 4) is 0 Å². The van der Waals surface area contributed by atoms with Crippen molar-refractivity contribution in [1.29, 1.82) is 0 Å². The van der Waals surface area contributed by atoms with Crippen molar-refractivity contribution in [3.63, 3.8) is 0 Å². The zero-order chi connectivity index (χ0) is 11.8. The lowest BCUT2D eigenvalue weighted by atomic mass is 10.1. The van der Waals surface area contributed by atoms with Crippen LogP contribution < -0.4 is 10.6 Å². The number of rotatable bonds is 5. The van der Waals surface area contributed by atoms with Crippen LogP contribution in [0.2, 0.25) is 0 Å². The van der Waals surface area contributed by atoms with Crippen molar-refractivity contribution < 1.29 is 9.53 Å². The first-order valence-corrected chi connectivity index (χ1v) is 6.33. The Labute approximate surface area is 98.1 Å². The van der Waals surface area contributed by atoms with Gasteiger partial charge in [-0.3, -0.25) is 4.79 Å². The van der Waals surface area contributed by atoms with Crippen LogP contribution in [0.25, 0.3) is 0 Å². The molecule has 1 fully saturated rings. The standard InChI is InChI=1S/C12H24N2O2/c1-10(2)16-9-8-14-12(15)11-6-4-3-5-7-13-11/h10-11,13H,3-9H2,1-2H3,(H,14,15). The van der Waals surface area contributed by atoms with Crippen LogP contribution in [0, 0.1) is 0 Å². The number of carbonyl (C=O) groups excluding carboxylic acids is 1. The molecule has 0 bridgehead atoms. The van der Waals surface area contributed by atoms with Gasteiger partial charge in [0.1, 0.15) is 0 Å². The Kier molecular flexibility index (Phi) is 6.42. The summed E-state index contributed by atoms with van der Waals surface area (Å²) in [6.07, 6.45) is 4.74. The topological polar surface area (TPSA) is 50.4 Å². The molecule has 16 heavy (non-hydrogen) atoms. The largest absolute Gasteiger partial charge is 0.377 e. The van der Waals surface area contributed by atoms with Gasteiger partial charge >= 0.3 is 0 Å². The predicted octanol–water partition coefficient (Wildman–Crippen LogP) is 1.06. The van der Waals surface area contributed by atoms with Crippen LogP contribution in [0.5, 0.6) is 0 Å². The van der Waals surface area contributed by atoms with Crippen LogP contribution in [0.15, 0.2) is 0 Å². The molecule has 1 heterocycles. The van der Waals surface area contributed by atoms with Gasteiger partial charge in [-0.05, 0) is 33.2 Å². The van der Waals surface area contributed by atoms with Gasteiger partial charge in [0, 0.05) is 6.54 Å². The molecular formula is C12H24N2O2. The van der Waals surface area contributed by atoms with E-state index >= 15 is 0 Å². The minimum absolute atomic E-state index is 0.00144. The fourth-order valence-electron chi connectivity index (χ4n) is 1.84. The molecule has 0 spiro atoms. The van der Waals surface area contributed by atoms with Gasteiger partial charge in [0.25, 0.3) is 0 Å². The Bertz CT molecular complexity index is 199. The molecule has 2 N–H and O–H groups in total. The van der Waals surface area contributed by atoms with Gasteiger partial charge in [0.2, 0.25) is 5.91 Å². The normalized spacial score (nSPS) is 21.8. The molecule has 1 aliphatic rings. The molecule has 1 aliphatic heterocycles. The Morgan fingerprint density at radius 3 is 3.00 bits per heavy atom. The van der Waals surface area contributed by atoms with Crippen LogP contribution in [-0.2, 0) is 9.53 Å². The number of hydrogen-bond donors (Lipinski definition) is 2. The monoisotopic (exact) mass is 228 g/mol. The van der Waals surface area contributed by atoms with Crippen LogP contribution in [-0.4, -0.2) is 37.7 Å². The van der Waals surface area contributed by atoms with E-state index in [1.54, 1.807) is 0 Å². The number of hydrogen-bond acceptors (Lipinski definition) is 3. The van der Waals surface area contributed by atoms with Crippen LogP contribution >= 0.6 is 0 Å². The van der Waals surface area contributed by atoms with Gasteiger partial charge in [-0.2, -0.15) is 0 Å². The van der Waals surface area contributed by atoms with E-state index in [-0.39, 0.29) is 18.1 Å². The van der Waals surface area contributed by atoms with Crippen molar-refractivity contribution in [2.24, 2.45) is 0 Å². The number of nitrogens with one attached hydrogen (secondary N) is 2. The third-order valence-electron chi connectivity index (χ3n) is 2.73. The lowest BCUT2D eigenvalue weighted by molar-refractivity contribution is -0.123. The lowest BCUT2D eigenvalue weighted by Gasteiger charge is -2.16. The number of ether oxygens (including phenoxy) is 1. The van der Waals surface area contributed by atoms with E-state index in [4.69, 9.17) is 4.74 Å². The van der Waals surface area contributed by atoms with E-state index in [9.17, 15) is 4.79 Å². The lowest BCUT2D eigenvalue weighted by Crippen LogP contribution is -2.44. The highest BCUT2D eigenvalue weighted by atomic mass is 16.5. The fourth-order valence-corrected chi connectivity index (χ4v) is 1.84. The van der Waals surface area contributed by atoms with E-state index in [1.165, 1.54) is 12.8 Å². The first kappa shape index (κ1) is 13.5. The highest BCUT2D eigenvalue weighted by Gasteiger charge is 2.18. The molecule has 4 heteroatoms. The molecule has 1 atom stereocenters. The van der Waals surface area contributed by atoms with Crippen LogP contribution in [0.4, 0.5) is 0 Å². The summed E-state index contributed by atoms with van der Waals surface area (Å²) in [6.45, 7) is 6.15. The summed E-state index contributed by atoms with van der Waals surface area (Å²) in [4.78, 5) is 11.8. The van der Waals surface area contributed by atoms with Gasteiger partial charge in [0.15, 0.2) is 0 Å². The highest BCUT2D eigenvalue weighted by Crippen LogP contribution is 2.08. The second-order valence-corrected chi connectivity index (χ2v) is 4.57. The summed E-state index contributed by atoms with van der Waals surface area (Å²) in [6, 6.07) is 0.00144. The molecule has 1 amide bonds. The first-order valence-electron chi connectivity index (χ1n) is 6.33. The molecule has 0 aromatic rings. The van der Waals surface area contributed by atoms with Crippen molar-refractivity contribution in [3.05, 3.63) is 0 Å². The Morgan fingerprint density at radius 1 is 1.44 bits per heavy atom. The minimum Gasteiger partial charge on any atom is -0.377 e. The maximum absolute atomic E-state index is 11.8. The maximum Gasteiger partial charge on any atom is 0.237 e. The highest BCUT2D eigenvalue weighted by molar-refractivity contribution is 5.81. The summed E-state index contributed by atoms with van der Waals surface area (Å²) in [5.74, 6) is 0.120. The summed E-state index contributed by atoms with van der Waals surface area (Å²) >= 11 is 0. The van der Waals surface area contributed by atoms with E-state index in [0.717, 1.165) is 19.4 Å². The van der Waals surface area contributed by atoms with E-state index < -0.39 is 0 Å². The van der Waals surface area contributed by atoms with Gasteiger partial charge in [-0.15, -0.1) is 0 Å². The van der Waals surface area contributed by atoms with Crippen LogP contribution in [0.3, 0.4) is 0 Å². The minimum atomic E-state index is 0.00144. The molecule has 1 saturated heterocycles. The van der Waals surface area contributed by atoms with E-state index in [1.807, 2.05) is 13.8 Å². The van der Waals surface area contributed by atoms with Gasteiger partial charge in [-0.25, -0.2) is 0 Å². The molecule has 0 radical (unpaired) electrons. The third-order valence-corrected chi connectivity index (χ3v) is 2.73. The summed E-state index contributed by atoms with van der Waals surface area (Å²) in [7, 11) is 0. The quantitative estimate of drug-likeness (QED) is 0.692. The fraction of sp³-hybridized carbons (Fsp3) is 0.917. The van der Waals surface area contributed by atoms with Crippen molar-refractivity contribution in [1.82, 2.24) is 10.6 Å². The van der Waals surface area contributed by atoms with Gasteiger partial charge in [-0.1, -0.05) is 12.8 Å². The summed E-state index contributed by atoms with van der Waals surface area (Å²) in [5, 5.41) is 6.19. The second kappa shape index (κ2) is 7.63. The number of carbonyl (C=O) groups is 1. The average molecular weight is 228 g/mol. The van der Waals surface area contributed by atoms with Gasteiger partial charge in [0.05, 0.1) is 18.8 Å². The Balaban J connectivity index is 2.13. The van der Waals surface area contributed by atoms with E-state index in [2.05, 4.69) is 10.6 Å². The molecule has 1 rings (SSSR count). The Hall–Kier alpha value is -0.610. The molecule has 4 nitrogen and oxygen atoms in total. The Morgan fingerprint density at radius 2 is 2.25 bits per heavy atom. The second-order valence-electron chi connectivity index (χ2n) is 4.57. The molecule has 94 valence electrons. The van der Waals surface area contributed by atoms with Gasteiger partial charge < -0.3 is 15.4 Å².